The van der Waals surface area contributed by atoms with Crippen LogP contribution in [0.4, 0.5) is 0 Å². The molecule has 0 amide bonds. The lowest BCUT2D eigenvalue weighted by Crippen LogP contribution is -2.39. The molecule has 0 saturated heterocycles. The van der Waals surface area contributed by atoms with Crippen LogP contribution in [0.3, 0.4) is 0 Å². The zero-order valence-electron chi connectivity index (χ0n) is 12.4. The topological polar surface area (TPSA) is 41.5 Å². The van der Waals surface area contributed by atoms with E-state index in [4.69, 9.17) is 4.74 Å². The lowest BCUT2D eigenvalue weighted by Gasteiger charge is -2.28. The summed E-state index contributed by atoms with van der Waals surface area (Å²) in [6.07, 6.45) is 11.5. The van der Waals surface area contributed by atoms with Gasteiger partial charge in [-0.15, -0.1) is 0 Å². The fourth-order valence-electron chi connectivity index (χ4n) is 3.30. The number of hydrogen-bond acceptors (Lipinski definition) is 3. The lowest BCUT2D eigenvalue weighted by atomic mass is 9.87. The highest BCUT2D eigenvalue weighted by Crippen LogP contribution is 2.23. The highest BCUT2D eigenvalue weighted by atomic mass is 16.5. The fraction of sp³-hybridized carbons (Fsp3) is 1.00. The molecule has 2 fully saturated rings. The second kappa shape index (κ2) is 8.23. The van der Waals surface area contributed by atoms with E-state index < -0.39 is 0 Å². The standard InChI is InChI=1S/C16H31NO2/c1-13-7-9-14(10-8-13)17-11-15(18)12-19-16-5-3-2-4-6-16/h13-18H,2-12H2,1H3. The first-order valence-corrected chi connectivity index (χ1v) is 8.27. The first-order valence-electron chi connectivity index (χ1n) is 8.27. The van der Waals surface area contributed by atoms with E-state index in [1.54, 1.807) is 0 Å². The van der Waals surface area contributed by atoms with Crippen LogP contribution in [0.5, 0.6) is 0 Å². The molecule has 2 saturated carbocycles. The highest BCUT2D eigenvalue weighted by Gasteiger charge is 2.19. The summed E-state index contributed by atoms with van der Waals surface area (Å²) in [7, 11) is 0. The van der Waals surface area contributed by atoms with E-state index >= 15 is 0 Å². The van der Waals surface area contributed by atoms with E-state index in [1.165, 1.54) is 57.8 Å². The molecule has 3 nitrogen and oxygen atoms in total. The summed E-state index contributed by atoms with van der Waals surface area (Å²) in [4.78, 5) is 0. The summed E-state index contributed by atoms with van der Waals surface area (Å²) in [5.74, 6) is 0.887. The van der Waals surface area contributed by atoms with Gasteiger partial charge in [-0.05, 0) is 44.4 Å². The van der Waals surface area contributed by atoms with E-state index in [1.807, 2.05) is 0 Å². The first-order chi connectivity index (χ1) is 9.24. The molecular weight excluding hydrogens is 238 g/mol. The highest BCUT2D eigenvalue weighted by molar-refractivity contribution is 4.76. The second-order valence-electron chi connectivity index (χ2n) is 6.61. The minimum Gasteiger partial charge on any atom is -0.389 e. The Morgan fingerprint density at radius 1 is 1.05 bits per heavy atom. The van der Waals surface area contributed by atoms with Gasteiger partial charge in [0.1, 0.15) is 0 Å². The maximum atomic E-state index is 9.97. The van der Waals surface area contributed by atoms with Crippen LogP contribution in [-0.4, -0.2) is 36.5 Å². The third-order valence-corrected chi connectivity index (χ3v) is 4.73. The van der Waals surface area contributed by atoms with Crippen molar-refractivity contribution in [3.63, 3.8) is 0 Å². The van der Waals surface area contributed by atoms with Crippen molar-refractivity contribution in [1.82, 2.24) is 5.32 Å². The van der Waals surface area contributed by atoms with Gasteiger partial charge in [0, 0.05) is 12.6 Å². The van der Waals surface area contributed by atoms with Crippen molar-refractivity contribution in [2.75, 3.05) is 13.2 Å². The first kappa shape index (κ1) is 15.3. The quantitative estimate of drug-likeness (QED) is 0.779. The third-order valence-electron chi connectivity index (χ3n) is 4.73. The summed E-state index contributed by atoms with van der Waals surface area (Å²) in [5.41, 5.74) is 0. The van der Waals surface area contributed by atoms with Crippen molar-refractivity contribution < 1.29 is 9.84 Å². The molecule has 0 aromatic heterocycles. The largest absolute Gasteiger partial charge is 0.389 e. The van der Waals surface area contributed by atoms with Crippen LogP contribution in [0, 0.1) is 5.92 Å². The number of nitrogens with one attached hydrogen (secondary N) is 1. The van der Waals surface area contributed by atoms with Gasteiger partial charge in [-0.2, -0.15) is 0 Å². The van der Waals surface area contributed by atoms with Crippen molar-refractivity contribution in [3.8, 4) is 0 Å². The molecule has 2 aliphatic carbocycles. The maximum Gasteiger partial charge on any atom is 0.0897 e. The van der Waals surface area contributed by atoms with E-state index in [0.29, 0.717) is 25.3 Å². The Labute approximate surface area is 118 Å². The smallest absolute Gasteiger partial charge is 0.0897 e. The molecule has 2 N–H and O–H groups in total. The molecule has 2 aliphatic rings. The number of rotatable bonds is 6. The van der Waals surface area contributed by atoms with Gasteiger partial charge in [0.15, 0.2) is 0 Å². The molecule has 1 unspecified atom stereocenters. The van der Waals surface area contributed by atoms with Gasteiger partial charge < -0.3 is 15.2 Å². The predicted octanol–water partition coefficient (Wildman–Crippen LogP) is 2.86. The van der Waals surface area contributed by atoms with Crippen LogP contribution in [0.1, 0.15) is 64.7 Å². The minimum atomic E-state index is -0.346. The number of ether oxygens (including phenoxy) is 1. The molecule has 0 radical (unpaired) electrons. The van der Waals surface area contributed by atoms with Crippen LogP contribution in [-0.2, 0) is 4.74 Å². The summed E-state index contributed by atoms with van der Waals surface area (Å²) in [6, 6.07) is 0.612. The number of hydrogen-bond donors (Lipinski definition) is 2. The van der Waals surface area contributed by atoms with Gasteiger partial charge in [0.05, 0.1) is 18.8 Å². The van der Waals surface area contributed by atoms with Crippen molar-refractivity contribution in [1.29, 1.82) is 0 Å². The lowest BCUT2D eigenvalue weighted by molar-refractivity contribution is -0.0239. The average molecular weight is 269 g/mol. The fourth-order valence-corrected chi connectivity index (χ4v) is 3.30. The Balaban J connectivity index is 1.52. The van der Waals surface area contributed by atoms with Crippen LogP contribution < -0.4 is 5.32 Å². The van der Waals surface area contributed by atoms with Crippen molar-refractivity contribution in [2.24, 2.45) is 5.92 Å². The number of aliphatic hydroxyl groups excluding tert-OH is 1. The van der Waals surface area contributed by atoms with Crippen LogP contribution in [0.2, 0.25) is 0 Å². The minimum absolute atomic E-state index is 0.346. The molecule has 0 spiro atoms. The normalized spacial score (nSPS) is 31.3. The maximum absolute atomic E-state index is 9.97. The Hall–Kier alpha value is -0.120. The van der Waals surface area contributed by atoms with Gasteiger partial charge in [-0.3, -0.25) is 0 Å². The van der Waals surface area contributed by atoms with E-state index in [2.05, 4.69) is 12.2 Å². The SMILES string of the molecule is CC1CCC(NCC(O)COC2CCCCC2)CC1. The van der Waals surface area contributed by atoms with Gasteiger partial charge in [0.2, 0.25) is 0 Å². The van der Waals surface area contributed by atoms with Gasteiger partial charge in [-0.25, -0.2) is 0 Å². The van der Waals surface area contributed by atoms with Crippen LogP contribution in [0.15, 0.2) is 0 Å². The summed E-state index contributed by atoms with van der Waals surface area (Å²) in [5, 5.41) is 13.5. The molecule has 0 aromatic rings. The second-order valence-corrected chi connectivity index (χ2v) is 6.61. The van der Waals surface area contributed by atoms with E-state index in [9.17, 15) is 5.11 Å². The molecule has 1 atom stereocenters. The van der Waals surface area contributed by atoms with E-state index in [0.717, 1.165) is 5.92 Å². The zero-order valence-corrected chi connectivity index (χ0v) is 12.4. The van der Waals surface area contributed by atoms with Crippen molar-refractivity contribution in [2.45, 2.75) is 83.0 Å². The van der Waals surface area contributed by atoms with Crippen LogP contribution >= 0.6 is 0 Å². The zero-order chi connectivity index (χ0) is 13.5. The molecule has 0 aliphatic heterocycles. The van der Waals surface area contributed by atoms with Gasteiger partial charge in [0.25, 0.3) is 0 Å². The number of aliphatic hydroxyl groups is 1. The third kappa shape index (κ3) is 5.80. The summed E-state index contributed by atoms with van der Waals surface area (Å²) >= 11 is 0. The Kier molecular flexibility index (Phi) is 6.62. The van der Waals surface area contributed by atoms with Gasteiger partial charge in [-0.1, -0.05) is 26.2 Å². The molecule has 19 heavy (non-hydrogen) atoms. The molecule has 2 rings (SSSR count). The monoisotopic (exact) mass is 269 g/mol. The average Bonchev–Trinajstić information content (AvgIpc) is 2.45. The molecule has 0 bridgehead atoms. The molecular formula is C16H31NO2. The molecule has 0 aromatic carbocycles. The molecule has 112 valence electrons. The van der Waals surface area contributed by atoms with Gasteiger partial charge >= 0.3 is 0 Å². The van der Waals surface area contributed by atoms with Crippen LogP contribution in [0.25, 0.3) is 0 Å². The summed E-state index contributed by atoms with van der Waals surface area (Å²) in [6.45, 7) is 3.52. The Morgan fingerprint density at radius 3 is 2.42 bits per heavy atom. The molecule has 3 heteroatoms. The van der Waals surface area contributed by atoms with Crippen molar-refractivity contribution in [3.05, 3.63) is 0 Å². The Morgan fingerprint density at radius 2 is 1.74 bits per heavy atom. The Bertz CT molecular complexity index is 233. The summed E-state index contributed by atoms with van der Waals surface area (Å²) < 4.78 is 5.81. The van der Waals surface area contributed by atoms with Crippen molar-refractivity contribution >= 4 is 0 Å². The molecule has 0 heterocycles. The predicted molar refractivity (Wildman–Crippen MR) is 78.3 cm³/mol. The van der Waals surface area contributed by atoms with E-state index in [-0.39, 0.29) is 6.10 Å².